The molecule has 0 aromatic carbocycles. The van der Waals surface area contributed by atoms with E-state index in [1.54, 1.807) is 6.20 Å². The van der Waals surface area contributed by atoms with Crippen LogP contribution >= 0.6 is 12.2 Å². The zero-order chi connectivity index (χ0) is 13.9. The van der Waals surface area contributed by atoms with Crippen molar-refractivity contribution < 1.29 is 0 Å². The van der Waals surface area contributed by atoms with E-state index in [9.17, 15) is 0 Å². The summed E-state index contributed by atoms with van der Waals surface area (Å²) < 4.78 is 2.78. The molecule has 1 unspecified atom stereocenters. The first-order valence-corrected chi connectivity index (χ1v) is 7.46. The molecule has 1 atom stereocenters. The van der Waals surface area contributed by atoms with Crippen LogP contribution in [0.25, 0.3) is 11.4 Å². The molecular weight excluding hydrogens is 270 g/mol. The lowest BCUT2D eigenvalue weighted by atomic mass is 10.2. The van der Waals surface area contributed by atoms with E-state index in [1.165, 1.54) is 25.9 Å². The Balaban J connectivity index is 1.88. The van der Waals surface area contributed by atoms with Crippen LogP contribution in [0.3, 0.4) is 0 Å². The van der Waals surface area contributed by atoms with Gasteiger partial charge in [-0.2, -0.15) is 5.10 Å². The molecule has 0 saturated carbocycles. The monoisotopic (exact) mass is 289 g/mol. The van der Waals surface area contributed by atoms with Crippen molar-refractivity contribution in [2.45, 2.75) is 25.8 Å². The highest BCUT2D eigenvalue weighted by molar-refractivity contribution is 7.71. The van der Waals surface area contributed by atoms with Gasteiger partial charge >= 0.3 is 0 Å². The Kier molecular flexibility index (Phi) is 3.93. The normalized spacial score (nSPS) is 17.4. The van der Waals surface area contributed by atoms with Gasteiger partial charge in [-0.25, -0.2) is 0 Å². The molecule has 3 rings (SSSR count). The average Bonchev–Trinajstić information content (AvgIpc) is 3.09. The zero-order valence-corrected chi connectivity index (χ0v) is 12.4. The summed E-state index contributed by atoms with van der Waals surface area (Å²) in [6.45, 7) is 5.60. The van der Waals surface area contributed by atoms with Crippen LogP contribution < -0.4 is 0 Å². The quantitative estimate of drug-likeness (QED) is 0.879. The molecule has 0 amide bonds. The molecule has 0 radical (unpaired) electrons. The van der Waals surface area contributed by atoms with Crippen molar-refractivity contribution in [2.75, 3.05) is 19.6 Å². The van der Waals surface area contributed by atoms with Crippen LogP contribution in [0.5, 0.6) is 0 Å². The highest BCUT2D eigenvalue weighted by atomic mass is 32.1. The Bertz CT molecular complexity index is 612. The van der Waals surface area contributed by atoms with Crippen molar-refractivity contribution in [1.82, 2.24) is 24.6 Å². The molecule has 5 nitrogen and oxygen atoms in total. The van der Waals surface area contributed by atoms with Gasteiger partial charge in [-0.3, -0.25) is 14.6 Å². The van der Waals surface area contributed by atoms with E-state index >= 15 is 0 Å². The molecule has 1 fully saturated rings. The summed E-state index contributed by atoms with van der Waals surface area (Å²) in [6.07, 6.45) is 6.20. The summed E-state index contributed by atoms with van der Waals surface area (Å²) in [6, 6.07) is 4.23. The second-order valence-electron chi connectivity index (χ2n) is 5.32. The predicted molar refractivity (Wildman–Crippen MR) is 81.0 cm³/mol. The highest BCUT2D eigenvalue weighted by Gasteiger charge is 2.19. The van der Waals surface area contributed by atoms with Gasteiger partial charge in [0.2, 0.25) is 0 Å². The molecule has 3 heterocycles. The number of nitrogens with one attached hydrogen (secondary N) is 1. The van der Waals surface area contributed by atoms with Gasteiger partial charge in [-0.1, -0.05) is 0 Å². The van der Waals surface area contributed by atoms with E-state index in [0.29, 0.717) is 10.8 Å². The molecule has 1 N–H and O–H groups in total. The number of aromatic amines is 1. The minimum atomic E-state index is 0.301. The maximum absolute atomic E-state index is 5.40. The lowest BCUT2D eigenvalue weighted by molar-refractivity contribution is 0.287. The summed E-state index contributed by atoms with van der Waals surface area (Å²) in [4.78, 5) is 6.65. The number of nitrogens with zero attached hydrogens (tertiary/aromatic N) is 4. The van der Waals surface area contributed by atoms with E-state index in [-0.39, 0.29) is 0 Å². The molecule has 0 bridgehead atoms. The summed E-state index contributed by atoms with van der Waals surface area (Å²) in [5.74, 6) is 0.870. The van der Waals surface area contributed by atoms with Gasteiger partial charge in [0.25, 0.3) is 0 Å². The fraction of sp³-hybridized carbons (Fsp3) is 0.500. The Morgan fingerprint density at radius 3 is 2.90 bits per heavy atom. The molecule has 6 heteroatoms. The van der Waals surface area contributed by atoms with Crippen molar-refractivity contribution in [2.24, 2.45) is 0 Å². The second kappa shape index (κ2) is 5.85. The summed E-state index contributed by atoms with van der Waals surface area (Å²) >= 11 is 5.40. The number of likely N-dealkylation sites (tertiary alicyclic amines) is 1. The summed E-state index contributed by atoms with van der Waals surface area (Å²) in [7, 11) is 0. The molecule has 1 aliphatic heterocycles. The van der Waals surface area contributed by atoms with E-state index in [0.717, 1.165) is 17.9 Å². The van der Waals surface area contributed by atoms with Gasteiger partial charge in [0, 0.05) is 30.5 Å². The molecule has 2 aromatic heterocycles. The van der Waals surface area contributed by atoms with Crippen LogP contribution in [0.4, 0.5) is 0 Å². The molecule has 106 valence electrons. The first kappa shape index (κ1) is 13.5. The maximum atomic E-state index is 5.40. The van der Waals surface area contributed by atoms with Gasteiger partial charge in [0.15, 0.2) is 10.6 Å². The van der Waals surface area contributed by atoms with Crippen molar-refractivity contribution >= 4 is 12.2 Å². The molecule has 2 aromatic rings. The molecule has 1 saturated heterocycles. The minimum Gasteiger partial charge on any atom is -0.301 e. The maximum Gasteiger partial charge on any atom is 0.195 e. The van der Waals surface area contributed by atoms with Crippen molar-refractivity contribution in [1.29, 1.82) is 0 Å². The lowest BCUT2D eigenvalue weighted by Gasteiger charge is -2.22. The van der Waals surface area contributed by atoms with E-state index in [2.05, 4.69) is 31.6 Å². The van der Waals surface area contributed by atoms with E-state index < -0.39 is 0 Å². The minimum absolute atomic E-state index is 0.301. The van der Waals surface area contributed by atoms with Gasteiger partial charge in [0.1, 0.15) is 0 Å². The Labute approximate surface area is 123 Å². The largest absolute Gasteiger partial charge is 0.301 e. The van der Waals surface area contributed by atoms with Crippen molar-refractivity contribution in [3.8, 4) is 11.4 Å². The Morgan fingerprint density at radius 2 is 2.20 bits per heavy atom. The SMILES string of the molecule is CC(CN1CCCC1)n1c(-c2cccnc2)n[nH]c1=S. The Morgan fingerprint density at radius 1 is 1.40 bits per heavy atom. The number of hydrogen-bond donors (Lipinski definition) is 1. The topological polar surface area (TPSA) is 49.7 Å². The van der Waals surface area contributed by atoms with Crippen LogP contribution in [0.2, 0.25) is 0 Å². The van der Waals surface area contributed by atoms with Gasteiger partial charge in [-0.05, 0) is 57.2 Å². The fourth-order valence-corrected chi connectivity index (χ4v) is 3.14. The van der Waals surface area contributed by atoms with Crippen LogP contribution in [0.15, 0.2) is 24.5 Å². The number of hydrogen-bond acceptors (Lipinski definition) is 4. The second-order valence-corrected chi connectivity index (χ2v) is 5.71. The number of rotatable bonds is 4. The summed E-state index contributed by atoms with van der Waals surface area (Å²) in [5, 5.41) is 7.28. The highest BCUT2D eigenvalue weighted by Crippen LogP contribution is 2.22. The average molecular weight is 289 g/mol. The standard InChI is InChI=1S/C14H19N5S/c1-11(10-18-7-2-3-8-18)19-13(16-17-14(19)20)12-5-4-6-15-9-12/h4-6,9,11H,2-3,7-8,10H2,1H3,(H,17,20). The third-order valence-corrected chi connectivity index (χ3v) is 4.07. The molecule has 0 aliphatic carbocycles. The van der Waals surface area contributed by atoms with Gasteiger partial charge < -0.3 is 4.90 Å². The number of pyridine rings is 1. The smallest absolute Gasteiger partial charge is 0.195 e. The van der Waals surface area contributed by atoms with Crippen molar-refractivity contribution in [3.05, 3.63) is 29.3 Å². The molecule has 1 aliphatic rings. The van der Waals surface area contributed by atoms with E-state index in [1.807, 2.05) is 18.3 Å². The molecule has 0 spiro atoms. The predicted octanol–water partition coefficient (Wildman–Crippen LogP) is 2.66. The first-order chi connectivity index (χ1) is 9.75. The number of H-pyrrole nitrogens is 1. The van der Waals surface area contributed by atoms with Crippen LogP contribution in [-0.2, 0) is 0 Å². The van der Waals surface area contributed by atoms with Crippen molar-refractivity contribution in [3.63, 3.8) is 0 Å². The molecule has 20 heavy (non-hydrogen) atoms. The summed E-state index contributed by atoms with van der Waals surface area (Å²) in [5.41, 5.74) is 0.994. The van der Waals surface area contributed by atoms with E-state index in [4.69, 9.17) is 12.2 Å². The van der Waals surface area contributed by atoms with Crippen LogP contribution in [-0.4, -0.2) is 44.3 Å². The van der Waals surface area contributed by atoms with Crippen LogP contribution in [0, 0.1) is 4.77 Å². The third kappa shape index (κ3) is 2.66. The lowest BCUT2D eigenvalue weighted by Crippen LogP contribution is -2.27. The van der Waals surface area contributed by atoms with Crippen LogP contribution in [0.1, 0.15) is 25.8 Å². The Hall–Kier alpha value is -1.53. The van der Waals surface area contributed by atoms with Gasteiger partial charge in [0.05, 0.1) is 0 Å². The zero-order valence-electron chi connectivity index (χ0n) is 11.6. The fourth-order valence-electron chi connectivity index (χ4n) is 2.83. The number of aromatic nitrogens is 4. The first-order valence-electron chi connectivity index (χ1n) is 7.05. The molecular formula is C14H19N5S. The third-order valence-electron chi connectivity index (χ3n) is 3.79. The van der Waals surface area contributed by atoms with Gasteiger partial charge in [-0.15, -0.1) is 0 Å².